The van der Waals surface area contributed by atoms with Gasteiger partial charge in [0.05, 0.1) is 19.7 Å². The minimum atomic E-state index is -0.717. The van der Waals surface area contributed by atoms with Crippen molar-refractivity contribution in [3.8, 4) is 0 Å². The van der Waals surface area contributed by atoms with Gasteiger partial charge in [-0.25, -0.2) is 4.79 Å². The number of rotatable bonds is 7. The average Bonchev–Trinajstić information content (AvgIpc) is 2.31. The standard InChI is InChI=1S/C9H16N4O5.ClH/c1-2-18-9(17)13-5-8(16)12-4-7(15)11-3-6(10)14;/h2-5H2,1H3,(H2,10,14)(H,11,15)(H,12,16)(H,13,17);1H. The van der Waals surface area contributed by atoms with E-state index in [1.807, 2.05) is 0 Å². The van der Waals surface area contributed by atoms with Crippen LogP contribution in [-0.4, -0.2) is 50.1 Å². The summed E-state index contributed by atoms with van der Waals surface area (Å²) in [6, 6.07) is 0. The topological polar surface area (TPSA) is 140 Å². The molecular formula is C9H17ClN4O5. The van der Waals surface area contributed by atoms with Crippen molar-refractivity contribution in [2.75, 3.05) is 26.2 Å². The van der Waals surface area contributed by atoms with Gasteiger partial charge in [-0.2, -0.15) is 0 Å². The fourth-order valence-corrected chi connectivity index (χ4v) is 0.824. The third kappa shape index (κ3) is 12.2. The van der Waals surface area contributed by atoms with Crippen molar-refractivity contribution >= 4 is 36.2 Å². The monoisotopic (exact) mass is 296 g/mol. The quantitative estimate of drug-likeness (QED) is 0.425. The minimum Gasteiger partial charge on any atom is -0.450 e. The molecule has 0 radical (unpaired) electrons. The summed E-state index contributed by atoms with van der Waals surface area (Å²) in [5.41, 5.74) is 4.80. The van der Waals surface area contributed by atoms with E-state index in [0.717, 1.165) is 0 Å². The molecule has 0 saturated carbocycles. The summed E-state index contributed by atoms with van der Waals surface area (Å²) in [6.07, 6.45) is -0.717. The highest BCUT2D eigenvalue weighted by Crippen LogP contribution is 1.75. The molecule has 9 nitrogen and oxygen atoms in total. The Morgan fingerprint density at radius 2 is 1.42 bits per heavy atom. The van der Waals surface area contributed by atoms with Gasteiger partial charge < -0.3 is 26.4 Å². The Kier molecular flexibility index (Phi) is 11.3. The largest absolute Gasteiger partial charge is 0.450 e. The summed E-state index contributed by atoms with van der Waals surface area (Å²) in [6.45, 7) is 0.917. The van der Waals surface area contributed by atoms with Gasteiger partial charge in [0.1, 0.15) is 6.54 Å². The highest BCUT2D eigenvalue weighted by Gasteiger charge is 2.07. The van der Waals surface area contributed by atoms with Crippen LogP contribution in [0.3, 0.4) is 0 Å². The Morgan fingerprint density at radius 3 is 1.89 bits per heavy atom. The highest BCUT2D eigenvalue weighted by atomic mass is 35.5. The van der Waals surface area contributed by atoms with Gasteiger partial charge in [-0.15, -0.1) is 12.4 Å². The lowest BCUT2D eigenvalue weighted by Crippen LogP contribution is -2.43. The normalized spacial score (nSPS) is 8.68. The van der Waals surface area contributed by atoms with E-state index < -0.39 is 23.8 Å². The van der Waals surface area contributed by atoms with Gasteiger partial charge in [-0.3, -0.25) is 14.4 Å². The maximum Gasteiger partial charge on any atom is 0.407 e. The first kappa shape index (κ1) is 19.3. The van der Waals surface area contributed by atoms with Crippen molar-refractivity contribution in [1.82, 2.24) is 16.0 Å². The molecule has 0 aromatic carbocycles. The molecule has 0 spiro atoms. The second-order valence-corrected chi connectivity index (χ2v) is 3.09. The summed E-state index contributed by atoms with van der Waals surface area (Å²) in [5, 5.41) is 6.59. The lowest BCUT2D eigenvalue weighted by molar-refractivity contribution is -0.126. The summed E-state index contributed by atoms with van der Waals surface area (Å²) < 4.78 is 4.52. The number of carbonyl (C=O) groups is 4. The van der Waals surface area contributed by atoms with Crippen LogP contribution in [-0.2, 0) is 19.1 Å². The molecule has 0 aromatic heterocycles. The molecule has 0 aliphatic rings. The maximum atomic E-state index is 11.1. The first-order chi connectivity index (χ1) is 8.45. The Balaban J connectivity index is 0. The molecule has 0 unspecified atom stereocenters. The Labute approximate surface area is 116 Å². The molecule has 0 saturated heterocycles. The van der Waals surface area contributed by atoms with Crippen LogP contribution >= 0.6 is 12.4 Å². The van der Waals surface area contributed by atoms with E-state index in [0.29, 0.717) is 0 Å². The number of ether oxygens (including phenoxy) is 1. The van der Waals surface area contributed by atoms with Gasteiger partial charge in [0, 0.05) is 0 Å². The van der Waals surface area contributed by atoms with Gasteiger partial charge in [0.25, 0.3) is 0 Å². The van der Waals surface area contributed by atoms with Crippen molar-refractivity contribution in [3.63, 3.8) is 0 Å². The number of alkyl carbamates (subject to hydrolysis) is 1. The van der Waals surface area contributed by atoms with E-state index in [9.17, 15) is 19.2 Å². The molecule has 0 aliphatic heterocycles. The molecule has 0 bridgehead atoms. The van der Waals surface area contributed by atoms with Gasteiger partial charge in [0.15, 0.2) is 0 Å². The van der Waals surface area contributed by atoms with Crippen LogP contribution in [0.4, 0.5) is 4.79 Å². The van der Waals surface area contributed by atoms with E-state index in [1.165, 1.54) is 0 Å². The number of primary amides is 1. The van der Waals surface area contributed by atoms with Crippen LogP contribution in [0, 0.1) is 0 Å². The number of nitrogens with one attached hydrogen (secondary N) is 3. The molecule has 10 heteroatoms. The second-order valence-electron chi connectivity index (χ2n) is 3.09. The maximum absolute atomic E-state index is 11.1. The van der Waals surface area contributed by atoms with Gasteiger partial charge in [-0.1, -0.05) is 0 Å². The summed E-state index contributed by atoms with van der Waals surface area (Å²) in [4.78, 5) is 43.3. The predicted molar refractivity (Wildman–Crippen MR) is 67.5 cm³/mol. The second kappa shape index (κ2) is 11.1. The molecule has 0 atom stereocenters. The summed E-state index contributed by atoms with van der Waals surface area (Å²) in [5.74, 6) is -1.80. The minimum absolute atomic E-state index is 0. The lowest BCUT2D eigenvalue weighted by Gasteiger charge is -2.06. The van der Waals surface area contributed by atoms with Gasteiger partial charge >= 0.3 is 6.09 Å². The molecule has 4 amide bonds. The zero-order valence-electron chi connectivity index (χ0n) is 10.4. The highest BCUT2D eigenvalue weighted by molar-refractivity contribution is 5.89. The van der Waals surface area contributed by atoms with Crippen molar-refractivity contribution in [2.45, 2.75) is 6.92 Å². The number of carbonyl (C=O) groups excluding carboxylic acids is 4. The van der Waals surface area contributed by atoms with Crippen molar-refractivity contribution in [3.05, 3.63) is 0 Å². The Hall–Kier alpha value is -2.03. The van der Waals surface area contributed by atoms with Gasteiger partial charge in [-0.05, 0) is 6.92 Å². The third-order valence-corrected chi connectivity index (χ3v) is 1.57. The van der Waals surface area contributed by atoms with Crippen LogP contribution in [0.25, 0.3) is 0 Å². The first-order valence-corrected chi connectivity index (χ1v) is 5.18. The number of hydrogen-bond donors (Lipinski definition) is 4. The van der Waals surface area contributed by atoms with E-state index in [2.05, 4.69) is 20.7 Å². The zero-order chi connectivity index (χ0) is 14.0. The van der Waals surface area contributed by atoms with Gasteiger partial charge in [0.2, 0.25) is 17.7 Å². The van der Waals surface area contributed by atoms with Crippen LogP contribution in [0.15, 0.2) is 0 Å². The first-order valence-electron chi connectivity index (χ1n) is 5.18. The average molecular weight is 297 g/mol. The van der Waals surface area contributed by atoms with Crippen LogP contribution < -0.4 is 21.7 Å². The van der Waals surface area contributed by atoms with Crippen LogP contribution in [0.1, 0.15) is 6.92 Å². The van der Waals surface area contributed by atoms with Crippen LogP contribution in [0.5, 0.6) is 0 Å². The van der Waals surface area contributed by atoms with Crippen LogP contribution in [0.2, 0.25) is 0 Å². The number of amides is 4. The smallest absolute Gasteiger partial charge is 0.407 e. The Bertz CT molecular complexity index is 337. The Morgan fingerprint density at radius 1 is 0.947 bits per heavy atom. The fourth-order valence-electron chi connectivity index (χ4n) is 0.824. The molecule has 0 rings (SSSR count). The molecule has 0 aromatic rings. The fraction of sp³-hybridized carbons (Fsp3) is 0.556. The number of halogens is 1. The lowest BCUT2D eigenvalue weighted by atomic mass is 10.5. The summed E-state index contributed by atoms with van der Waals surface area (Å²) in [7, 11) is 0. The van der Waals surface area contributed by atoms with E-state index in [-0.39, 0.29) is 38.6 Å². The van der Waals surface area contributed by atoms with E-state index in [1.54, 1.807) is 6.92 Å². The SMILES string of the molecule is CCOC(=O)NCC(=O)NCC(=O)NCC(N)=O.Cl. The van der Waals surface area contributed by atoms with Crippen molar-refractivity contribution in [2.24, 2.45) is 5.73 Å². The van der Waals surface area contributed by atoms with Crippen molar-refractivity contribution < 1.29 is 23.9 Å². The molecule has 0 aliphatic carbocycles. The van der Waals surface area contributed by atoms with E-state index in [4.69, 9.17) is 5.73 Å². The number of nitrogens with two attached hydrogens (primary N) is 1. The molecule has 0 fully saturated rings. The molecule has 110 valence electrons. The van der Waals surface area contributed by atoms with Crippen molar-refractivity contribution in [1.29, 1.82) is 0 Å². The summed E-state index contributed by atoms with van der Waals surface area (Å²) >= 11 is 0. The molecule has 0 heterocycles. The zero-order valence-corrected chi connectivity index (χ0v) is 11.2. The number of hydrogen-bond acceptors (Lipinski definition) is 5. The third-order valence-electron chi connectivity index (χ3n) is 1.57. The molecule has 5 N–H and O–H groups in total. The van der Waals surface area contributed by atoms with E-state index >= 15 is 0 Å². The molecular weight excluding hydrogens is 280 g/mol. The molecule has 19 heavy (non-hydrogen) atoms. The predicted octanol–water partition coefficient (Wildman–Crippen LogP) is -2.13.